The van der Waals surface area contributed by atoms with Gasteiger partial charge in [0, 0.05) is 12.0 Å². The first-order chi connectivity index (χ1) is 7.15. The maximum Gasteiger partial charge on any atom is 0.223 e. The molecule has 1 aliphatic heterocycles. The van der Waals surface area contributed by atoms with Gasteiger partial charge in [-0.15, -0.1) is 0 Å². The van der Waals surface area contributed by atoms with Crippen LogP contribution in [-0.2, 0) is 4.79 Å². The van der Waals surface area contributed by atoms with E-state index in [-0.39, 0.29) is 24.0 Å². The molecule has 2 atom stereocenters. The van der Waals surface area contributed by atoms with Gasteiger partial charge in [0.2, 0.25) is 5.91 Å². The molecule has 2 rings (SSSR count). The molecule has 86 valence electrons. The zero-order valence-corrected chi connectivity index (χ0v) is 9.25. The Hall–Kier alpha value is -0.610. The first-order valence-corrected chi connectivity index (χ1v) is 5.81. The number of hydrogen-bond donors (Lipinski definition) is 3. The molecule has 2 fully saturated rings. The van der Waals surface area contributed by atoms with E-state index in [0.717, 1.165) is 32.2 Å². The summed E-state index contributed by atoms with van der Waals surface area (Å²) in [6.07, 6.45) is 3.68. The zero-order valence-electron chi connectivity index (χ0n) is 9.25. The van der Waals surface area contributed by atoms with Crippen molar-refractivity contribution in [3.05, 3.63) is 0 Å². The van der Waals surface area contributed by atoms with Crippen LogP contribution in [0.2, 0.25) is 0 Å². The fraction of sp³-hybridized carbons (Fsp3) is 0.909. The van der Waals surface area contributed by atoms with E-state index >= 15 is 0 Å². The van der Waals surface area contributed by atoms with Gasteiger partial charge < -0.3 is 15.7 Å². The van der Waals surface area contributed by atoms with Gasteiger partial charge in [-0.3, -0.25) is 4.79 Å². The highest BCUT2D eigenvalue weighted by atomic mass is 16.3. The third kappa shape index (κ3) is 2.49. The fourth-order valence-corrected chi connectivity index (χ4v) is 2.21. The molecule has 1 amide bonds. The van der Waals surface area contributed by atoms with Crippen LogP contribution in [0.4, 0.5) is 0 Å². The van der Waals surface area contributed by atoms with Gasteiger partial charge in [-0.1, -0.05) is 0 Å². The summed E-state index contributed by atoms with van der Waals surface area (Å²) in [5.41, 5.74) is -0.259. The van der Waals surface area contributed by atoms with E-state index in [0.29, 0.717) is 6.04 Å². The Labute approximate surface area is 90.4 Å². The molecular formula is C11H20N2O2. The van der Waals surface area contributed by atoms with Gasteiger partial charge in [0.1, 0.15) is 0 Å². The molecule has 1 heterocycles. The number of piperidine rings is 1. The van der Waals surface area contributed by atoms with Gasteiger partial charge in [0.25, 0.3) is 0 Å². The summed E-state index contributed by atoms with van der Waals surface area (Å²) >= 11 is 0. The van der Waals surface area contributed by atoms with Crippen LogP contribution in [-0.4, -0.2) is 35.7 Å². The van der Waals surface area contributed by atoms with Gasteiger partial charge >= 0.3 is 0 Å². The third-order valence-corrected chi connectivity index (χ3v) is 3.54. The minimum absolute atomic E-state index is 0.0826. The summed E-state index contributed by atoms with van der Waals surface area (Å²) in [6.45, 7) is 3.11. The lowest BCUT2D eigenvalue weighted by Gasteiger charge is -2.28. The zero-order chi connectivity index (χ0) is 10.9. The highest BCUT2D eigenvalue weighted by Crippen LogP contribution is 2.35. The van der Waals surface area contributed by atoms with Crippen molar-refractivity contribution in [3.8, 4) is 0 Å². The van der Waals surface area contributed by atoms with Crippen LogP contribution in [0, 0.1) is 5.92 Å². The summed E-state index contributed by atoms with van der Waals surface area (Å²) in [5.74, 6) is 0.264. The van der Waals surface area contributed by atoms with Crippen molar-refractivity contribution in [1.82, 2.24) is 10.6 Å². The van der Waals surface area contributed by atoms with Crippen LogP contribution >= 0.6 is 0 Å². The maximum absolute atomic E-state index is 11.9. The number of carbonyl (C=O) groups is 1. The van der Waals surface area contributed by atoms with E-state index in [1.165, 1.54) is 0 Å². The first-order valence-electron chi connectivity index (χ1n) is 5.81. The van der Waals surface area contributed by atoms with Crippen molar-refractivity contribution in [2.24, 2.45) is 5.92 Å². The Morgan fingerprint density at radius 1 is 1.60 bits per heavy atom. The molecule has 1 aliphatic carbocycles. The summed E-state index contributed by atoms with van der Waals surface area (Å²) in [6, 6.07) is 0.429. The van der Waals surface area contributed by atoms with Gasteiger partial charge in [0.15, 0.2) is 0 Å². The molecular weight excluding hydrogens is 192 g/mol. The van der Waals surface area contributed by atoms with E-state index in [4.69, 9.17) is 5.11 Å². The molecule has 0 radical (unpaired) electrons. The minimum atomic E-state index is -0.259. The molecule has 0 aromatic carbocycles. The van der Waals surface area contributed by atoms with Crippen molar-refractivity contribution >= 4 is 5.91 Å². The van der Waals surface area contributed by atoms with Crippen LogP contribution < -0.4 is 10.6 Å². The molecule has 1 saturated heterocycles. The number of hydrogen-bond acceptors (Lipinski definition) is 3. The van der Waals surface area contributed by atoms with E-state index in [1.54, 1.807) is 0 Å². The summed E-state index contributed by atoms with van der Waals surface area (Å²) in [4.78, 5) is 11.9. The standard InChI is InChI=1S/C11H20N2O2/c1-8-6-9(2-5-12-8)10(15)13-11(7-14)3-4-11/h8-9,12,14H,2-7H2,1H3,(H,13,15). The number of aliphatic hydroxyl groups excluding tert-OH is 1. The normalized spacial score (nSPS) is 33.5. The van der Waals surface area contributed by atoms with Crippen molar-refractivity contribution in [2.75, 3.05) is 13.2 Å². The third-order valence-electron chi connectivity index (χ3n) is 3.54. The summed E-state index contributed by atoms with van der Waals surface area (Å²) in [7, 11) is 0. The number of amides is 1. The highest BCUT2D eigenvalue weighted by Gasteiger charge is 2.44. The van der Waals surface area contributed by atoms with Crippen LogP contribution in [0.5, 0.6) is 0 Å². The molecule has 4 heteroatoms. The number of carbonyl (C=O) groups excluding carboxylic acids is 1. The second-order valence-corrected chi connectivity index (χ2v) is 5.00. The van der Waals surface area contributed by atoms with Gasteiger partial charge in [-0.25, -0.2) is 0 Å². The van der Waals surface area contributed by atoms with E-state index in [1.807, 2.05) is 0 Å². The lowest BCUT2D eigenvalue weighted by Crippen LogP contribution is -2.47. The van der Waals surface area contributed by atoms with Crippen molar-refractivity contribution in [2.45, 2.75) is 44.2 Å². The Morgan fingerprint density at radius 3 is 2.87 bits per heavy atom. The molecule has 2 unspecified atom stereocenters. The van der Waals surface area contributed by atoms with Crippen LogP contribution in [0.1, 0.15) is 32.6 Å². The van der Waals surface area contributed by atoms with Gasteiger partial charge in [-0.05, 0) is 39.2 Å². The Bertz CT molecular complexity index is 251. The number of aliphatic hydroxyl groups is 1. The molecule has 15 heavy (non-hydrogen) atoms. The van der Waals surface area contributed by atoms with Crippen molar-refractivity contribution < 1.29 is 9.90 Å². The second kappa shape index (κ2) is 4.10. The fourth-order valence-electron chi connectivity index (χ4n) is 2.21. The predicted molar refractivity (Wildman–Crippen MR) is 57.4 cm³/mol. The molecule has 0 spiro atoms. The average molecular weight is 212 g/mol. The predicted octanol–water partition coefficient (Wildman–Crippen LogP) is 0.0156. The van der Waals surface area contributed by atoms with Gasteiger partial charge in [0.05, 0.1) is 12.1 Å². The van der Waals surface area contributed by atoms with E-state index in [9.17, 15) is 4.79 Å². The lowest BCUT2D eigenvalue weighted by molar-refractivity contribution is -0.127. The molecule has 1 saturated carbocycles. The molecule has 2 aliphatic rings. The molecule has 0 aromatic heterocycles. The quantitative estimate of drug-likeness (QED) is 0.618. The number of rotatable bonds is 3. The molecule has 0 bridgehead atoms. The largest absolute Gasteiger partial charge is 0.394 e. The second-order valence-electron chi connectivity index (χ2n) is 5.00. The first kappa shape index (κ1) is 10.9. The minimum Gasteiger partial charge on any atom is -0.394 e. The van der Waals surface area contributed by atoms with Crippen molar-refractivity contribution in [3.63, 3.8) is 0 Å². The SMILES string of the molecule is CC1CC(C(=O)NC2(CO)CC2)CCN1. The molecule has 0 aromatic rings. The number of nitrogens with one attached hydrogen (secondary N) is 2. The average Bonchev–Trinajstić information content (AvgIpc) is 2.98. The lowest BCUT2D eigenvalue weighted by atomic mass is 9.92. The maximum atomic E-state index is 11.9. The van der Waals surface area contributed by atoms with Crippen LogP contribution in [0.3, 0.4) is 0 Å². The summed E-state index contributed by atoms with van der Waals surface area (Å²) < 4.78 is 0. The Morgan fingerprint density at radius 2 is 2.33 bits per heavy atom. The van der Waals surface area contributed by atoms with Crippen molar-refractivity contribution in [1.29, 1.82) is 0 Å². The molecule has 3 N–H and O–H groups in total. The van der Waals surface area contributed by atoms with E-state index in [2.05, 4.69) is 17.6 Å². The van der Waals surface area contributed by atoms with Gasteiger partial charge in [-0.2, -0.15) is 0 Å². The summed E-state index contributed by atoms with van der Waals surface area (Å²) in [5, 5.41) is 15.4. The van der Waals surface area contributed by atoms with E-state index < -0.39 is 0 Å². The monoisotopic (exact) mass is 212 g/mol. The Balaban J connectivity index is 1.85. The smallest absolute Gasteiger partial charge is 0.223 e. The Kier molecular flexibility index (Phi) is 2.98. The van der Waals surface area contributed by atoms with Crippen LogP contribution in [0.25, 0.3) is 0 Å². The highest BCUT2D eigenvalue weighted by molar-refractivity contribution is 5.80. The molecule has 4 nitrogen and oxygen atoms in total. The topological polar surface area (TPSA) is 61.4 Å². The van der Waals surface area contributed by atoms with Crippen LogP contribution in [0.15, 0.2) is 0 Å².